The molecule has 1 aliphatic rings. The fourth-order valence-corrected chi connectivity index (χ4v) is 6.09. The Kier molecular flexibility index (Phi) is 13.3. The Morgan fingerprint density at radius 2 is 1.89 bits per heavy atom. The van der Waals surface area contributed by atoms with Crippen molar-refractivity contribution in [3.63, 3.8) is 0 Å². The molecule has 1 saturated carbocycles. The second kappa shape index (κ2) is 16.2. The Morgan fingerprint density at radius 3 is 2.47 bits per heavy atom. The monoisotopic (exact) mass is 562 g/mol. The molecule has 9 nitrogen and oxygen atoms in total. The molecule has 8 N–H and O–H groups in total. The maximum atomic E-state index is 12.9. The molecule has 3 rings (SSSR count). The fourth-order valence-electron chi connectivity index (χ4n) is 3.87. The number of allylic oxidation sites excluding steroid dienone is 3. The van der Waals surface area contributed by atoms with Crippen LogP contribution in [0.1, 0.15) is 77.1 Å². The molecule has 0 aliphatic heterocycles. The highest BCUT2D eigenvalue weighted by molar-refractivity contribution is 7.83. The lowest BCUT2D eigenvalue weighted by atomic mass is 9.90. The van der Waals surface area contributed by atoms with Crippen LogP contribution in [0.15, 0.2) is 53.0 Å². The third-order valence-electron chi connectivity index (χ3n) is 5.73. The van der Waals surface area contributed by atoms with E-state index < -0.39 is 17.1 Å². The molecule has 0 spiro atoms. The number of thiazole rings is 1. The summed E-state index contributed by atoms with van der Waals surface area (Å²) in [6.07, 6.45) is 11.7. The minimum absolute atomic E-state index is 0.0995. The Labute approximate surface area is 232 Å². The van der Waals surface area contributed by atoms with Crippen molar-refractivity contribution in [2.75, 3.05) is 11.9 Å². The lowest BCUT2D eigenvalue weighted by Gasteiger charge is -2.18. The highest BCUT2D eigenvalue weighted by Gasteiger charge is 2.21. The zero-order valence-electron chi connectivity index (χ0n) is 22.8. The van der Waals surface area contributed by atoms with E-state index in [1.807, 2.05) is 38.2 Å². The lowest BCUT2D eigenvalue weighted by Crippen LogP contribution is -2.17. The van der Waals surface area contributed by atoms with E-state index >= 15 is 0 Å². The minimum atomic E-state index is -1.33. The second-order valence-electron chi connectivity index (χ2n) is 9.20. The van der Waals surface area contributed by atoms with Crippen LogP contribution in [-0.2, 0) is 15.7 Å². The molecule has 1 aromatic heterocycles. The molecule has 1 atom stereocenters. The number of aromatic nitrogens is 1. The van der Waals surface area contributed by atoms with Crippen LogP contribution in [0.25, 0.3) is 10.4 Å². The SMILES string of the molecule is CC(C)OC(N)=O.CCNS(=O)c1cc(N/C(N)=C/C=C(\N)CC)ccc1-c1cnc(C2CCCCC2)s1. The standard InChI is InChI=1S/C23H33N5OS2.C4H9NO2/c1-3-17(24)10-13-22(25)28-18-11-12-19(21(14-18)31(29)27-4-2)20-15-26-23(30-20)16-8-6-5-7-9-16;1-3(2)7-4(5)6/h10-16,27-28H,3-9,24-25H2,1-2H3;3H,1-2H3,(H2,5,6)/b17-10-,22-13+;. The third kappa shape index (κ3) is 10.5. The molecule has 1 unspecified atom stereocenters. The minimum Gasteiger partial charge on any atom is -0.447 e. The number of amides is 1. The molecule has 38 heavy (non-hydrogen) atoms. The van der Waals surface area contributed by atoms with Gasteiger partial charge in [-0.25, -0.2) is 18.7 Å². The van der Waals surface area contributed by atoms with E-state index in [0.29, 0.717) is 18.3 Å². The Hall–Kier alpha value is -2.89. The largest absolute Gasteiger partial charge is 0.447 e. The van der Waals surface area contributed by atoms with Gasteiger partial charge in [0, 0.05) is 35.6 Å². The van der Waals surface area contributed by atoms with Gasteiger partial charge in [0.1, 0.15) is 16.8 Å². The molecule has 1 fully saturated rings. The average Bonchev–Trinajstić information content (AvgIpc) is 3.37. The van der Waals surface area contributed by atoms with Crippen molar-refractivity contribution in [3.8, 4) is 10.4 Å². The summed E-state index contributed by atoms with van der Waals surface area (Å²) < 4.78 is 20.3. The zero-order chi connectivity index (χ0) is 28.1. The molecular weight excluding hydrogens is 520 g/mol. The molecule has 1 aliphatic carbocycles. The van der Waals surface area contributed by atoms with Gasteiger partial charge in [-0.3, -0.25) is 0 Å². The Morgan fingerprint density at radius 1 is 1.18 bits per heavy atom. The van der Waals surface area contributed by atoms with E-state index in [2.05, 4.69) is 20.5 Å². The van der Waals surface area contributed by atoms with Crippen molar-refractivity contribution in [2.24, 2.45) is 17.2 Å². The average molecular weight is 563 g/mol. The number of ether oxygens (including phenoxy) is 1. The molecule has 1 aromatic carbocycles. The van der Waals surface area contributed by atoms with E-state index in [0.717, 1.165) is 33.1 Å². The molecular formula is C27H42N6O3S2. The molecule has 0 radical (unpaired) electrons. The quantitative estimate of drug-likeness (QED) is 0.241. The predicted molar refractivity (Wildman–Crippen MR) is 158 cm³/mol. The maximum absolute atomic E-state index is 12.9. The van der Waals surface area contributed by atoms with E-state index in [-0.39, 0.29) is 6.10 Å². The van der Waals surface area contributed by atoms with Gasteiger partial charge in [-0.2, -0.15) is 0 Å². The van der Waals surface area contributed by atoms with Crippen LogP contribution in [0.2, 0.25) is 0 Å². The summed E-state index contributed by atoms with van der Waals surface area (Å²) in [5.41, 5.74) is 19.0. The van der Waals surface area contributed by atoms with Crippen molar-refractivity contribution >= 4 is 34.1 Å². The first-order chi connectivity index (χ1) is 18.1. The van der Waals surface area contributed by atoms with Crippen molar-refractivity contribution < 1.29 is 13.7 Å². The van der Waals surface area contributed by atoms with Gasteiger partial charge in [0.15, 0.2) is 0 Å². The van der Waals surface area contributed by atoms with Gasteiger partial charge in [-0.1, -0.05) is 39.2 Å². The van der Waals surface area contributed by atoms with Crippen molar-refractivity contribution in [2.45, 2.75) is 83.1 Å². The summed E-state index contributed by atoms with van der Waals surface area (Å²) in [7, 11) is -1.33. The van der Waals surface area contributed by atoms with Crippen LogP contribution >= 0.6 is 11.3 Å². The van der Waals surface area contributed by atoms with Crippen LogP contribution in [-0.4, -0.2) is 27.9 Å². The number of hydrogen-bond donors (Lipinski definition) is 5. The van der Waals surface area contributed by atoms with Crippen LogP contribution in [0.5, 0.6) is 0 Å². The topological polar surface area (TPSA) is 158 Å². The molecule has 0 bridgehead atoms. The first-order valence-electron chi connectivity index (χ1n) is 13.0. The fraction of sp³-hybridized carbons (Fsp3) is 0.481. The zero-order valence-corrected chi connectivity index (χ0v) is 24.4. The van der Waals surface area contributed by atoms with Crippen LogP contribution in [0.4, 0.5) is 10.5 Å². The second-order valence-corrected chi connectivity index (χ2v) is 11.5. The summed E-state index contributed by atoms with van der Waals surface area (Å²) in [5.74, 6) is 1.03. The van der Waals surface area contributed by atoms with E-state index in [1.165, 1.54) is 37.1 Å². The first kappa shape index (κ1) is 31.3. The molecule has 0 saturated heterocycles. The van der Waals surface area contributed by atoms with Gasteiger partial charge in [0.25, 0.3) is 0 Å². The van der Waals surface area contributed by atoms with Gasteiger partial charge in [-0.05, 0) is 57.4 Å². The summed E-state index contributed by atoms with van der Waals surface area (Å²) in [5, 5.41) is 4.36. The summed E-state index contributed by atoms with van der Waals surface area (Å²) >= 11 is 1.72. The molecule has 1 heterocycles. The number of hydrogen-bond acceptors (Lipinski definition) is 8. The van der Waals surface area contributed by atoms with Crippen LogP contribution in [0, 0.1) is 0 Å². The van der Waals surface area contributed by atoms with E-state index in [1.54, 1.807) is 37.3 Å². The van der Waals surface area contributed by atoms with Gasteiger partial charge in [-0.15, -0.1) is 11.3 Å². The first-order valence-corrected chi connectivity index (χ1v) is 15.0. The highest BCUT2D eigenvalue weighted by atomic mass is 32.2. The van der Waals surface area contributed by atoms with Crippen LogP contribution < -0.4 is 27.2 Å². The molecule has 210 valence electrons. The summed E-state index contributed by atoms with van der Waals surface area (Å²) in [6.45, 7) is 8.03. The smallest absolute Gasteiger partial charge is 0.404 e. The highest BCUT2D eigenvalue weighted by Crippen LogP contribution is 2.39. The van der Waals surface area contributed by atoms with Gasteiger partial charge in [0.05, 0.1) is 20.9 Å². The number of carbonyl (C=O) groups is 1. The van der Waals surface area contributed by atoms with Gasteiger partial charge < -0.3 is 27.3 Å². The van der Waals surface area contributed by atoms with Crippen LogP contribution in [0.3, 0.4) is 0 Å². The van der Waals surface area contributed by atoms with Gasteiger partial charge in [0.2, 0.25) is 0 Å². The maximum Gasteiger partial charge on any atom is 0.404 e. The van der Waals surface area contributed by atoms with Crippen molar-refractivity contribution in [1.29, 1.82) is 0 Å². The number of benzene rings is 1. The Balaban J connectivity index is 0.000000638. The van der Waals surface area contributed by atoms with E-state index in [9.17, 15) is 9.00 Å². The predicted octanol–water partition coefficient (Wildman–Crippen LogP) is 5.44. The third-order valence-corrected chi connectivity index (χ3v) is 8.21. The summed E-state index contributed by atoms with van der Waals surface area (Å²) in [6, 6.07) is 5.84. The number of nitrogens with zero attached hydrogens (tertiary/aromatic N) is 1. The van der Waals surface area contributed by atoms with E-state index in [4.69, 9.17) is 16.5 Å². The number of carbonyl (C=O) groups excluding carboxylic acids is 1. The Bertz CT molecular complexity index is 1120. The lowest BCUT2D eigenvalue weighted by molar-refractivity contribution is 0.125. The summed E-state index contributed by atoms with van der Waals surface area (Å²) in [4.78, 5) is 16.3. The van der Waals surface area contributed by atoms with Crippen molar-refractivity contribution in [1.82, 2.24) is 9.71 Å². The number of nitrogens with one attached hydrogen (secondary N) is 2. The number of anilines is 1. The molecule has 2 aromatic rings. The number of rotatable bonds is 10. The van der Waals surface area contributed by atoms with Crippen molar-refractivity contribution in [3.05, 3.63) is 53.1 Å². The normalized spacial score (nSPS) is 15.5. The van der Waals surface area contributed by atoms with Gasteiger partial charge >= 0.3 is 6.09 Å². The number of primary amides is 1. The molecule has 1 amide bonds. The molecule has 11 heteroatoms. The number of nitrogens with two attached hydrogens (primary N) is 3.